The van der Waals surface area contributed by atoms with E-state index in [0.717, 1.165) is 17.4 Å². The lowest BCUT2D eigenvalue weighted by molar-refractivity contribution is -0.0666. The fourth-order valence-electron chi connectivity index (χ4n) is 1.41. The van der Waals surface area contributed by atoms with E-state index in [-0.39, 0.29) is 12.9 Å². The van der Waals surface area contributed by atoms with Crippen molar-refractivity contribution in [2.45, 2.75) is 20.1 Å². The highest BCUT2D eigenvalue weighted by molar-refractivity contribution is 7.85. The smallest absolute Gasteiger partial charge is 0.264 e. The molecule has 0 aliphatic rings. The fraction of sp³-hybridized carbons (Fsp3) is 0.412. The highest BCUT2D eigenvalue weighted by Gasteiger charge is 1.97. The summed E-state index contributed by atoms with van der Waals surface area (Å²) in [6.07, 6.45) is 15.6. The Morgan fingerprint density at radius 3 is 2.00 bits per heavy atom. The molecule has 0 N–H and O–H groups in total. The maximum atomic E-state index is 10.8. The predicted octanol–water partition coefficient (Wildman–Crippen LogP) is 3.14. The molecule has 5 nitrogen and oxygen atoms in total. The lowest BCUT2D eigenvalue weighted by Gasteiger charge is -2.06. The summed E-state index contributed by atoms with van der Waals surface area (Å²) in [7, 11) is -0.219. The van der Waals surface area contributed by atoms with Gasteiger partial charge in [-0.05, 0) is 19.9 Å². The zero-order valence-electron chi connectivity index (χ0n) is 14.4. The monoisotopic (exact) mass is 342 g/mol. The van der Waals surface area contributed by atoms with Gasteiger partial charge in [0.1, 0.15) is 0 Å². The molecule has 0 aromatic carbocycles. The van der Waals surface area contributed by atoms with Crippen LogP contribution in [0, 0.1) is 0 Å². The topological polar surface area (TPSA) is 61.8 Å². The van der Waals surface area contributed by atoms with Crippen LogP contribution < -0.4 is 0 Å². The van der Waals surface area contributed by atoms with Gasteiger partial charge in [0.05, 0.1) is 12.9 Å². The van der Waals surface area contributed by atoms with Crippen LogP contribution in [0.15, 0.2) is 59.8 Å². The Morgan fingerprint density at radius 1 is 1.00 bits per heavy atom. The minimum Gasteiger partial charge on any atom is -0.352 e. The Balaban J connectivity index is 4.38. The Labute approximate surface area is 139 Å². The first-order chi connectivity index (χ1) is 10.8. The molecule has 0 rings (SSSR count). The third-order valence-electron chi connectivity index (χ3n) is 2.57. The number of rotatable bonds is 10. The van der Waals surface area contributed by atoms with E-state index in [1.807, 2.05) is 50.3 Å². The van der Waals surface area contributed by atoms with Gasteiger partial charge in [0.15, 0.2) is 6.29 Å². The van der Waals surface area contributed by atoms with Crippen LogP contribution in [0.2, 0.25) is 0 Å². The van der Waals surface area contributed by atoms with Crippen molar-refractivity contribution in [3.8, 4) is 0 Å². The van der Waals surface area contributed by atoms with Crippen molar-refractivity contribution in [2.24, 2.45) is 0 Å². The van der Waals surface area contributed by atoms with Gasteiger partial charge in [0.25, 0.3) is 10.1 Å². The summed E-state index contributed by atoms with van der Waals surface area (Å²) in [5, 5.41) is 0. The van der Waals surface area contributed by atoms with Crippen molar-refractivity contribution in [2.75, 3.05) is 27.1 Å². The van der Waals surface area contributed by atoms with Crippen molar-refractivity contribution in [1.29, 1.82) is 0 Å². The molecule has 0 amide bonds. The number of allylic oxidation sites excluding steroid dienone is 8. The molecule has 0 saturated heterocycles. The molecule has 0 bridgehead atoms. The number of hydrogen-bond donors (Lipinski definition) is 0. The molecular formula is C17H26O5S. The van der Waals surface area contributed by atoms with Crippen molar-refractivity contribution in [3.63, 3.8) is 0 Å². The molecule has 0 saturated carbocycles. The van der Waals surface area contributed by atoms with E-state index in [2.05, 4.69) is 4.18 Å². The van der Waals surface area contributed by atoms with Gasteiger partial charge in [-0.25, -0.2) is 0 Å². The number of ether oxygens (including phenoxy) is 2. The van der Waals surface area contributed by atoms with E-state index in [1.165, 1.54) is 0 Å². The van der Waals surface area contributed by atoms with Crippen LogP contribution in [0.25, 0.3) is 0 Å². The van der Waals surface area contributed by atoms with Crippen LogP contribution >= 0.6 is 0 Å². The molecule has 0 atom stereocenters. The summed E-state index contributed by atoms with van der Waals surface area (Å²) in [4.78, 5) is 0. The van der Waals surface area contributed by atoms with Crippen molar-refractivity contribution >= 4 is 10.1 Å². The van der Waals surface area contributed by atoms with E-state index in [4.69, 9.17) is 9.47 Å². The van der Waals surface area contributed by atoms with E-state index in [0.29, 0.717) is 0 Å². The number of methoxy groups -OCH3 is 2. The average Bonchev–Trinajstić information content (AvgIpc) is 2.48. The van der Waals surface area contributed by atoms with E-state index in [9.17, 15) is 8.42 Å². The quantitative estimate of drug-likeness (QED) is 0.347. The molecule has 0 radical (unpaired) electrons. The standard InChI is InChI=1S/C17H26O5S/c1-15(11-8-14-22-23(5,18)19)9-6-7-10-16(2)12-13-17(20-3)21-4/h6-13,17H,14H2,1-5H3. The first kappa shape index (κ1) is 21.5. The van der Waals surface area contributed by atoms with Crippen LogP contribution in [0.4, 0.5) is 0 Å². The summed E-state index contributed by atoms with van der Waals surface area (Å²) in [5.41, 5.74) is 2.04. The normalized spacial score (nSPS) is 14.9. The first-order valence-electron chi connectivity index (χ1n) is 7.05. The molecule has 0 aromatic heterocycles. The highest BCUT2D eigenvalue weighted by Crippen LogP contribution is 2.01. The molecule has 0 spiro atoms. The zero-order chi connectivity index (χ0) is 17.7. The third-order valence-corrected chi connectivity index (χ3v) is 3.13. The van der Waals surface area contributed by atoms with Gasteiger partial charge in [-0.3, -0.25) is 4.18 Å². The highest BCUT2D eigenvalue weighted by atomic mass is 32.2. The minimum atomic E-state index is -3.38. The molecule has 130 valence electrons. The summed E-state index contributed by atoms with van der Waals surface area (Å²) in [6.45, 7) is 3.93. The molecule has 6 heteroatoms. The summed E-state index contributed by atoms with van der Waals surface area (Å²) in [5.74, 6) is 0. The molecule has 0 fully saturated rings. The van der Waals surface area contributed by atoms with Crippen molar-refractivity contribution in [1.82, 2.24) is 0 Å². The van der Waals surface area contributed by atoms with E-state index < -0.39 is 10.1 Å². The van der Waals surface area contributed by atoms with E-state index in [1.54, 1.807) is 26.4 Å². The van der Waals surface area contributed by atoms with Gasteiger partial charge < -0.3 is 9.47 Å². The minimum absolute atomic E-state index is 0.0394. The molecule has 0 aromatic rings. The summed E-state index contributed by atoms with van der Waals surface area (Å²) >= 11 is 0. The van der Waals surface area contributed by atoms with Gasteiger partial charge in [0, 0.05) is 14.2 Å². The lowest BCUT2D eigenvalue weighted by atomic mass is 10.2. The third kappa shape index (κ3) is 13.9. The zero-order valence-corrected chi connectivity index (χ0v) is 15.2. The van der Waals surface area contributed by atoms with Gasteiger partial charge in [0.2, 0.25) is 0 Å². The first-order valence-corrected chi connectivity index (χ1v) is 8.86. The van der Waals surface area contributed by atoms with Crippen molar-refractivity contribution < 1.29 is 22.1 Å². The maximum absolute atomic E-state index is 10.8. The Kier molecular flexibility index (Phi) is 11.2. The van der Waals surface area contributed by atoms with Crippen molar-refractivity contribution in [3.05, 3.63) is 59.8 Å². The Morgan fingerprint density at radius 2 is 1.52 bits per heavy atom. The Bertz CT molecular complexity index is 576. The van der Waals surface area contributed by atoms with Gasteiger partial charge in [-0.15, -0.1) is 0 Å². The van der Waals surface area contributed by atoms with Gasteiger partial charge in [-0.1, -0.05) is 53.7 Å². The molecule has 0 unspecified atom stereocenters. The maximum Gasteiger partial charge on any atom is 0.264 e. The van der Waals surface area contributed by atoms with Crippen LogP contribution in [0.3, 0.4) is 0 Å². The van der Waals surface area contributed by atoms with Crippen LogP contribution in [0.1, 0.15) is 13.8 Å². The average molecular weight is 342 g/mol. The second-order valence-electron chi connectivity index (χ2n) is 4.80. The number of hydrogen-bond acceptors (Lipinski definition) is 5. The SMILES string of the molecule is COC(C=CC(C)=CC=CC=C(C)C=CCOS(C)(=O)=O)OC. The second kappa shape index (κ2) is 12.0. The molecule has 23 heavy (non-hydrogen) atoms. The molecule has 0 aliphatic carbocycles. The second-order valence-corrected chi connectivity index (χ2v) is 6.44. The van der Waals surface area contributed by atoms with Gasteiger partial charge in [-0.2, -0.15) is 8.42 Å². The van der Waals surface area contributed by atoms with Crippen LogP contribution in [0.5, 0.6) is 0 Å². The van der Waals surface area contributed by atoms with Crippen LogP contribution in [-0.4, -0.2) is 41.8 Å². The largest absolute Gasteiger partial charge is 0.352 e. The summed E-state index contributed by atoms with van der Waals surface area (Å²) < 4.78 is 36.3. The van der Waals surface area contributed by atoms with Gasteiger partial charge >= 0.3 is 0 Å². The van der Waals surface area contributed by atoms with E-state index >= 15 is 0 Å². The lowest BCUT2D eigenvalue weighted by Crippen LogP contribution is -2.08. The predicted molar refractivity (Wildman–Crippen MR) is 93.5 cm³/mol. The molecule has 0 heterocycles. The molecule has 0 aliphatic heterocycles. The Hall–Kier alpha value is -1.47. The summed E-state index contributed by atoms with van der Waals surface area (Å²) in [6, 6.07) is 0. The fourth-order valence-corrected chi connectivity index (χ4v) is 1.73. The molecular weight excluding hydrogens is 316 g/mol. The van der Waals surface area contributed by atoms with Crippen LogP contribution in [-0.2, 0) is 23.8 Å².